The van der Waals surface area contributed by atoms with Crippen LogP contribution in [0.25, 0.3) is 0 Å². The van der Waals surface area contributed by atoms with Crippen LogP contribution in [0.3, 0.4) is 0 Å². The van der Waals surface area contributed by atoms with Gasteiger partial charge in [-0.05, 0) is 31.6 Å². The summed E-state index contributed by atoms with van der Waals surface area (Å²) in [7, 11) is 0. The molecule has 3 atom stereocenters. The van der Waals surface area contributed by atoms with Crippen LogP contribution in [0.5, 0.6) is 0 Å². The Morgan fingerprint density at radius 1 is 1.12 bits per heavy atom. The highest BCUT2D eigenvalue weighted by Crippen LogP contribution is 2.50. The molecular weight excluding hydrogens is 204 g/mol. The molecular formula is C13H14O3. The molecule has 2 heterocycles. The van der Waals surface area contributed by atoms with Gasteiger partial charge in [0.2, 0.25) is 0 Å². The van der Waals surface area contributed by atoms with E-state index in [0.29, 0.717) is 0 Å². The normalized spacial score (nSPS) is 37.2. The lowest BCUT2D eigenvalue weighted by atomic mass is 9.74. The van der Waals surface area contributed by atoms with E-state index in [1.165, 1.54) is 0 Å². The van der Waals surface area contributed by atoms with E-state index in [1.807, 2.05) is 43.3 Å². The van der Waals surface area contributed by atoms with Crippen molar-refractivity contribution in [3.8, 4) is 0 Å². The molecule has 0 unspecified atom stereocenters. The minimum Gasteiger partial charge on any atom is -0.390 e. The Hall–Kier alpha value is -1.16. The molecule has 84 valence electrons. The highest BCUT2D eigenvalue weighted by molar-refractivity contribution is 5.47. The summed E-state index contributed by atoms with van der Waals surface area (Å²) in [5, 5.41) is 9.93. The Labute approximate surface area is 94.2 Å². The topological polar surface area (TPSA) is 38.7 Å². The fourth-order valence-corrected chi connectivity index (χ4v) is 2.45. The van der Waals surface area contributed by atoms with Gasteiger partial charge in [-0.1, -0.05) is 24.3 Å². The van der Waals surface area contributed by atoms with Crippen LogP contribution in [0, 0.1) is 0 Å². The molecule has 2 aliphatic heterocycles. The first-order chi connectivity index (χ1) is 7.58. The second-order valence-electron chi connectivity index (χ2n) is 4.62. The van der Waals surface area contributed by atoms with Crippen LogP contribution >= 0.6 is 0 Å². The molecule has 1 aliphatic carbocycles. The van der Waals surface area contributed by atoms with Crippen molar-refractivity contribution in [2.45, 2.75) is 31.2 Å². The van der Waals surface area contributed by atoms with Gasteiger partial charge in [0.25, 0.3) is 0 Å². The Balaban J connectivity index is 2.29. The maximum atomic E-state index is 9.93. The average Bonchev–Trinajstić information content (AvgIpc) is 2.30. The van der Waals surface area contributed by atoms with E-state index in [4.69, 9.17) is 9.78 Å². The van der Waals surface area contributed by atoms with Crippen molar-refractivity contribution < 1.29 is 14.9 Å². The van der Waals surface area contributed by atoms with Gasteiger partial charge in [-0.15, -0.1) is 0 Å². The van der Waals surface area contributed by atoms with Crippen LogP contribution in [0.15, 0.2) is 36.4 Å². The standard InChI is InChI=1S/C13H14O3/c1-9(14)13-8-7-12(2,15-16-13)10-5-3-4-6-11(10)13/h3-9,14H,1-2H3/t9-,12-,13-/m0/s1. The molecule has 3 nitrogen and oxygen atoms in total. The molecule has 4 rings (SSSR count). The Bertz CT molecular complexity index is 466. The SMILES string of the molecule is C[C@H](O)[C@]12C=C[C@](C)(OO1)c1ccccc12. The molecule has 1 aromatic rings. The summed E-state index contributed by atoms with van der Waals surface area (Å²) < 4.78 is 0. The maximum Gasteiger partial charge on any atom is 0.172 e. The number of benzene rings is 1. The summed E-state index contributed by atoms with van der Waals surface area (Å²) in [5.74, 6) is 0. The third-order valence-electron chi connectivity index (χ3n) is 3.51. The molecule has 3 heteroatoms. The lowest BCUT2D eigenvalue weighted by Gasteiger charge is -2.48. The maximum absolute atomic E-state index is 9.93. The zero-order valence-corrected chi connectivity index (χ0v) is 9.31. The predicted molar refractivity (Wildman–Crippen MR) is 58.5 cm³/mol. The van der Waals surface area contributed by atoms with Gasteiger partial charge in [0.15, 0.2) is 5.60 Å². The van der Waals surface area contributed by atoms with Crippen LogP contribution in [0.2, 0.25) is 0 Å². The highest BCUT2D eigenvalue weighted by atomic mass is 17.2. The third kappa shape index (κ3) is 1.03. The zero-order chi connectivity index (χ0) is 11.4. The monoisotopic (exact) mass is 218 g/mol. The Kier molecular flexibility index (Phi) is 1.84. The molecule has 0 fully saturated rings. The van der Waals surface area contributed by atoms with Gasteiger partial charge in [-0.3, -0.25) is 0 Å². The Morgan fingerprint density at radius 3 is 2.38 bits per heavy atom. The summed E-state index contributed by atoms with van der Waals surface area (Å²) in [6, 6.07) is 7.91. The molecule has 0 aromatic heterocycles. The van der Waals surface area contributed by atoms with E-state index in [0.717, 1.165) is 11.1 Å². The van der Waals surface area contributed by atoms with Crippen molar-refractivity contribution in [3.63, 3.8) is 0 Å². The third-order valence-corrected chi connectivity index (χ3v) is 3.51. The minimum atomic E-state index is -0.853. The molecule has 1 N–H and O–H groups in total. The van der Waals surface area contributed by atoms with E-state index >= 15 is 0 Å². The van der Waals surface area contributed by atoms with E-state index in [1.54, 1.807) is 6.92 Å². The van der Waals surface area contributed by atoms with Crippen molar-refractivity contribution in [2.75, 3.05) is 0 Å². The highest BCUT2D eigenvalue weighted by Gasteiger charge is 2.52. The van der Waals surface area contributed by atoms with Gasteiger partial charge < -0.3 is 5.11 Å². The quantitative estimate of drug-likeness (QED) is 0.579. The van der Waals surface area contributed by atoms with Crippen LogP contribution < -0.4 is 0 Å². The van der Waals surface area contributed by atoms with Crippen molar-refractivity contribution in [3.05, 3.63) is 47.5 Å². The second kappa shape index (κ2) is 2.94. The average molecular weight is 218 g/mol. The van der Waals surface area contributed by atoms with Gasteiger partial charge in [0.1, 0.15) is 5.60 Å². The molecule has 2 bridgehead atoms. The number of aliphatic hydroxyl groups excluding tert-OH is 1. The lowest BCUT2D eigenvalue weighted by molar-refractivity contribution is -0.430. The number of hydrogen-bond donors (Lipinski definition) is 1. The van der Waals surface area contributed by atoms with Crippen LogP contribution in [0.4, 0.5) is 0 Å². The molecule has 16 heavy (non-hydrogen) atoms. The van der Waals surface area contributed by atoms with Gasteiger partial charge >= 0.3 is 0 Å². The predicted octanol–water partition coefficient (Wildman–Crippen LogP) is 2.01. The molecule has 0 amide bonds. The Morgan fingerprint density at radius 2 is 1.81 bits per heavy atom. The van der Waals surface area contributed by atoms with E-state index < -0.39 is 17.3 Å². The molecule has 1 aromatic carbocycles. The van der Waals surface area contributed by atoms with Crippen molar-refractivity contribution >= 4 is 0 Å². The second-order valence-corrected chi connectivity index (χ2v) is 4.62. The number of aliphatic hydroxyl groups is 1. The van der Waals surface area contributed by atoms with Crippen molar-refractivity contribution in [1.29, 1.82) is 0 Å². The first-order valence-corrected chi connectivity index (χ1v) is 5.44. The first-order valence-electron chi connectivity index (χ1n) is 5.44. The summed E-state index contributed by atoms with van der Waals surface area (Å²) in [6.45, 7) is 3.66. The van der Waals surface area contributed by atoms with Crippen molar-refractivity contribution in [2.24, 2.45) is 0 Å². The minimum absolute atomic E-state index is 0.534. The van der Waals surface area contributed by atoms with Gasteiger partial charge in [0, 0.05) is 5.56 Å². The fourth-order valence-electron chi connectivity index (χ4n) is 2.45. The van der Waals surface area contributed by atoms with Gasteiger partial charge in [0.05, 0.1) is 6.10 Å². The molecule has 0 saturated carbocycles. The molecule has 0 saturated heterocycles. The van der Waals surface area contributed by atoms with Crippen LogP contribution in [-0.4, -0.2) is 11.2 Å². The lowest BCUT2D eigenvalue weighted by Crippen LogP contribution is -2.50. The number of fused-ring (bicyclic) bond motifs is 1. The van der Waals surface area contributed by atoms with Gasteiger partial charge in [-0.2, -0.15) is 0 Å². The van der Waals surface area contributed by atoms with Crippen LogP contribution in [-0.2, 0) is 21.0 Å². The number of hydrogen-bond acceptors (Lipinski definition) is 3. The molecule has 0 radical (unpaired) electrons. The van der Waals surface area contributed by atoms with Crippen molar-refractivity contribution in [1.82, 2.24) is 0 Å². The summed E-state index contributed by atoms with van der Waals surface area (Å²) in [5.41, 5.74) is 0.660. The van der Waals surface area contributed by atoms with Crippen LogP contribution in [0.1, 0.15) is 25.0 Å². The fraction of sp³-hybridized carbons (Fsp3) is 0.385. The molecule has 3 aliphatic rings. The van der Waals surface area contributed by atoms with Gasteiger partial charge in [-0.25, -0.2) is 9.78 Å². The summed E-state index contributed by atoms with van der Waals surface area (Å²) in [4.78, 5) is 10.8. The largest absolute Gasteiger partial charge is 0.390 e. The smallest absolute Gasteiger partial charge is 0.172 e. The summed E-state index contributed by atoms with van der Waals surface area (Å²) >= 11 is 0. The van der Waals surface area contributed by atoms with E-state index in [-0.39, 0.29) is 0 Å². The first kappa shape index (κ1) is 10.0. The number of rotatable bonds is 1. The van der Waals surface area contributed by atoms with E-state index in [2.05, 4.69) is 0 Å². The summed E-state index contributed by atoms with van der Waals surface area (Å²) in [6.07, 6.45) is 3.18. The van der Waals surface area contributed by atoms with E-state index in [9.17, 15) is 5.11 Å². The zero-order valence-electron chi connectivity index (χ0n) is 9.31. The molecule has 0 spiro atoms.